The van der Waals surface area contributed by atoms with Crippen molar-refractivity contribution in [2.75, 3.05) is 28.6 Å². The summed E-state index contributed by atoms with van der Waals surface area (Å²) in [6.07, 6.45) is 5.71. The molecule has 3 aromatic heterocycles. The van der Waals surface area contributed by atoms with Gasteiger partial charge in [-0.2, -0.15) is 0 Å². The minimum Gasteiger partial charge on any atom is -0.356 e. The first-order valence-electron chi connectivity index (χ1n) is 10.8. The first-order valence-corrected chi connectivity index (χ1v) is 10.8. The molecule has 1 fully saturated rings. The topological polar surface area (TPSA) is 109 Å². The zero-order chi connectivity index (χ0) is 22.6. The number of nitrogens with zero attached hydrogens (tertiary/aromatic N) is 5. The van der Waals surface area contributed by atoms with Crippen LogP contribution in [0.4, 0.5) is 23.0 Å². The molecule has 4 heterocycles. The zero-order valence-corrected chi connectivity index (χ0v) is 18.2. The van der Waals surface area contributed by atoms with E-state index in [1.165, 1.54) is 12.8 Å². The van der Waals surface area contributed by atoms with E-state index in [1.807, 2.05) is 43.3 Å². The van der Waals surface area contributed by atoms with E-state index in [0.717, 1.165) is 41.8 Å². The third-order valence-corrected chi connectivity index (χ3v) is 5.36. The Morgan fingerprint density at radius 2 is 1.82 bits per heavy atom. The van der Waals surface area contributed by atoms with Gasteiger partial charge in [0, 0.05) is 54.6 Å². The number of benzene rings is 1. The Bertz CT molecular complexity index is 1250. The predicted molar refractivity (Wildman–Crippen MR) is 126 cm³/mol. The monoisotopic (exact) mass is 441 g/mol. The number of rotatable bonds is 6. The average Bonchev–Trinajstić information content (AvgIpc) is 3.53. The Labute approximate surface area is 190 Å². The van der Waals surface area contributed by atoms with Gasteiger partial charge in [-0.1, -0.05) is 5.16 Å². The molecule has 0 radical (unpaired) electrons. The van der Waals surface area contributed by atoms with Crippen molar-refractivity contribution in [3.05, 3.63) is 72.4 Å². The number of aryl methyl sites for hydroxylation is 1. The number of amides is 1. The average molecular weight is 441 g/mol. The molecule has 2 N–H and O–H groups in total. The summed E-state index contributed by atoms with van der Waals surface area (Å²) in [5, 5.41) is 10.0. The Kier molecular flexibility index (Phi) is 5.67. The van der Waals surface area contributed by atoms with Crippen LogP contribution in [0.5, 0.6) is 0 Å². The summed E-state index contributed by atoms with van der Waals surface area (Å²) in [5.41, 5.74) is 2.46. The van der Waals surface area contributed by atoms with Crippen LogP contribution in [-0.4, -0.2) is 39.1 Å². The van der Waals surface area contributed by atoms with Gasteiger partial charge in [0.25, 0.3) is 5.91 Å². The van der Waals surface area contributed by atoms with Crippen molar-refractivity contribution in [3.8, 4) is 11.3 Å². The van der Waals surface area contributed by atoms with Crippen molar-refractivity contribution < 1.29 is 9.32 Å². The van der Waals surface area contributed by atoms with Crippen LogP contribution in [0.1, 0.15) is 29.2 Å². The molecule has 9 nitrogen and oxygen atoms in total. The number of aromatic nitrogens is 4. The molecule has 9 heteroatoms. The van der Waals surface area contributed by atoms with E-state index in [-0.39, 0.29) is 11.6 Å². The van der Waals surface area contributed by atoms with Crippen LogP contribution >= 0.6 is 0 Å². The highest BCUT2D eigenvalue weighted by Gasteiger charge is 2.16. The third-order valence-electron chi connectivity index (χ3n) is 5.36. The molecule has 1 saturated heterocycles. The smallest absolute Gasteiger partial charge is 0.277 e. The van der Waals surface area contributed by atoms with Gasteiger partial charge in [-0.05, 0) is 56.2 Å². The molecule has 0 spiro atoms. The number of nitrogens with one attached hydrogen (secondary N) is 2. The van der Waals surface area contributed by atoms with Crippen LogP contribution in [0.3, 0.4) is 0 Å². The lowest BCUT2D eigenvalue weighted by atomic mass is 10.2. The summed E-state index contributed by atoms with van der Waals surface area (Å²) in [6, 6.07) is 14.6. The molecule has 5 rings (SSSR count). The van der Waals surface area contributed by atoms with Crippen molar-refractivity contribution in [1.29, 1.82) is 0 Å². The second-order valence-corrected chi connectivity index (χ2v) is 7.83. The Balaban J connectivity index is 1.24. The highest BCUT2D eigenvalue weighted by Crippen LogP contribution is 2.24. The number of carbonyl (C=O) groups excluding carboxylic acids is 1. The lowest BCUT2D eigenvalue weighted by molar-refractivity contribution is 0.101. The summed E-state index contributed by atoms with van der Waals surface area (Å²) >= 11 is 0. The molecule has 0 bridgehead atoms. The number of pyridine rings is 1. The lowest BCUT2D eigenvalue weighted by Gasteiger charge is -2.18. The number of carbonyl (C=O) groups is 1. The summed E-state index contributed by atoms with van der Waals surface area (Å²) in [7, 11) is 0. The number of anilines is 4. The molecule has 1 aromatic carbocycles. The Hall–Kier alpha value is -4.27. The highest BCUT2D eigenvalue weighted by molar-refractivity contribution is 6.03. The van der Waals surface area contributed by atoms with Gasteiger partial charge in [0.05, 0.1) is 0 Å². The molecule has 1 aliphatic heterocycles. The first kappa shape index (κ1) is 20.6. The standard InChI is InChI=1S/C24H23N7O2/c1-16-26-22(14-23(27-16)31-11-2-3-12-31)28-18-6-8-19(9-7-18)29-24(32)20-13-21(33-30-20)17-5-4-10-25-15-17/h4-10,13-15H,2-3,11-12H2,1H3,(H,29,32)(H,26,27,28). The molecule has 1 amide bonds. The summed E-state index contributed by atoms with van der Waals surface area (Å²) < 4.78 is 5.27. The fourth-order valence-corrected chi connectivity index (χ4v) is 3.73. The van der Waals surface area contributed by atoms with Gasteiger partial charge in [-0.15, -0.1) is 0 Å². The van der Waals surface area contributed by atoms with Gasteiger partial charge in [0.15, 0.2) is 11.5 Å². The molecule has 166 valence electrons. The summed E-state index contributed by atoms with van der Waals surface area (Å²) in [5.74, 6) is 2.55. The van der Waals surface area contributed by atoms with E-state index in [0.29, 0.717) is 11.4 Å². The predicted octanol–water partition coefficient (Wildman–Crippen LogP) is 4.43. The summed E-state index contributed by atoms with van der Waals surface area (Å²) in [4.78, 5) is 27.9. The van der Waals surface area contributed by atoms with E-state index in [2.05, 4.69) is 35.6 Å². The van der Waals surface area contributed by atoms with E-state index in [1.54, 1.807) is 24.5 Å². The van der Waals surface area contributed by atoms with Gasteiger partial charge in [0.1, 0.15) is 17.5 Å². The van der Waals surface area contributed by atoms with Crippen molar-refractivity contribution >= 4 is 28.9 Å². The van der Waals surface area contributed by atoms with Crippen LogP contribution < -0.4 is 15.5 Å². The molecule has 33 heavy (non-hydrogen) atoms. The number of hydrogen-bond acceptors (Lipinski definition) is 8. The van der Waals surface area contributed by atoms with Crippen molar-refractivity contribution in [2.24, 2.45) is 0 Å². The van der Waals surface area contributed by atoms with E-state index < -0.39 is 0 Å². The first-order chi connectivity index (χ1) is 16.1. The van der Waals surface area contributed by atoms with E-state index in [9.17, 15) is 4.79 Å². The van der Waals surface area contributed by atoms with Gasteiger partial charge in [0.2, 0.25) is 0 Å². The van der Waals surface area contributed by atoms with Crippen LogP contribution in [0.25, 0.3) is 11.3 Å². The maximum absolute atomic E-state index is 12.5. The van der Waals surface area contributed by atoms with Gasteiger partial charge in [-0.25, -0.2) is 9.97 Å². The SMILES string of the molecule is Cc1nc(Nc2ccc(NC(=O)c3cc(-c4cccnc4)on3)cc2)cc(N2CCCC2)n1. The molecule has 0 aliphatic carbocycles. The quantitative estimate of drug-likeness (QED) is 0.452. The largest absolute Gasteiger partial charge is 0.356 e. The van der Waals surface area contributed by atoms with Crippen LogP contribution in [0, 0.1) is 6.92 Å². The maximum Gasteiger partial charge on any atom is 0.277 e. The molecule has 0 saturated carbocycles. The zero-order valence-electron chi connectivity index (χ0n) is 18.2. The van der Waals surface area contributed by atoms with E-state index in [4.69, 9.17) is 4.52 Å². The third kappa shape index (κ3) is 4.82. The molecule has 1 aliphatic rings. The van der Waals surface area contributed by atoms with Gasteiger partial charge >= 0.3 is 0 Å². The van der Waals surface area contributed by atoms with Crippen molar-refractivity contribution in [1.82, 2.24) is 20.1 Å². The minimum absolute atomic E-state index is 0.196. The fourth-order valence-electron chi connectivity index (χ4n) is 3.73. The Morgan fingerprint density at radius 1 is 1.03 bits per heavy atom. The lowest BCUT2D eigenvalue weighted by Crippen LogP contribution is -2.19. The molecular formula is C24H23N7O2. The van der Waals surface area contributed by atoms with Gasteiger partial charge < -0.3 is 20.1 Å². The maximum atomic E-state index is 12.5. The van der Waals surface area contributed by atoms with E-state index >= 15 is 0 Å². The second-order valence-electron chi connectivity index (χ2n) is 7.83. The minimum atomic E-state index is -0.351. The van der Waals surface area contributed by atoms with Crippen LogP contribution in [0.2, 0.25) is 0 Å². The van der Waals surface area contributed by atoms with Crippen molar-refractivity contribution in [3.63, 3.8) is 0 Å². The molecule has 4 aromatic rings. The van der Waals surface area contributed by atoms with Crippen LogP contribution in [0.15, 0.2) is 65.4 Å². The second kappa shape index (κ2) is 9.07. The molecule has 0 atom stereocenters. The Morgan fingerprint density at radius 3 is 2.58 bits per heavy atom. The molecular weight excluding hydrogens is 418 g/mol. The van der Waals surface area contributed by atoms with Crippen LogP contribution in [-0.2, 0) is 0 Å². The van der Waals surface area contributed by atoms with Crippen molar-refractivity contribution in [2.45, 2.75) is 19.8 Å². The van der Waals surface area contributed by atoms with Gasteiger partial charge in [-0.3, -0.25) is 9.78 Å². The highest BCUT2D eigenvalue weighted by atomic mass is 16.5. The fraction of sp³-hybridized carbons (Fsp3) is 0.208. The molecule has 0 unspecified atom stereocenters. The number of hydrogen-bond donors (Lipinski definition) is 2. The normalized spacial score (nSPS) is 13.2. The summed E-state index contributed by atoms with van der Waals surface area (Å²) in [6.45, 7) is 3.95.